The van der Waals surface area contributed by atoms with Crippen LogP contribution in [0.25, 0.3) is 0 Å². The number of nitrogens with one attached hydrogen (secondary N) is 1. The molecule has 1 amide bonds. The summed E-state index contributed by atoms with van der Waals surface area (Å²) in [6.45, 7) is 3.77. The zero-order chi connectivity index (χ0) is 8.27. The Hall–Kier alpha value is -0.900. The van der Waals surface area contributed by atoms with Crippen LogP contribution in [0.2, 0.25) is 0 Å². The molecule has 0 unspecified atom stereocenters. The maximum absolute atomic E-state index is 10.8. The molecule has 0 saturated heterocycles. The Bertz CT molecular complexity index is 257. The first-order valence-corrected chi connectivity index (χ1v) is 4.23. The molecule has 0 saturated carbocycles. The normalized spacial score (nSPS) is 9.64. The molecule has 1 rings (SSSR count). The van der Waals surface area contributed by atoms with Gasteiger partial charge in [-0.1, -0.05) is 6.92 Å². The predicted molar refractivity (Wildman–Crippen MR) is 45.8 cm³/mol. The first kappa shape index (κ1) is 8.20. The van der Waals surface area contributed by atoms with Crippen LogP contribution in [0, 0.1) is 6.92 Å². The van der Waals surface area contributed by atoms with Crippen molar-refractivity contribution in [2.24, 2.45) is 0 Å². The van der Waals surface area contributed by atoms with Crippen LogP contribution < -0.4 is 5.32 Å². The van der Waals surface area contributed by atoms with Crippen LogP contribution in [0.3, 0.4) is 0 Å². The highest BCUT2D eigenvalue weighted by atomic mass is 32.1. The number of aromatic nitrogens is 1. The third kappa shape index (κ3) is 2.31. The fourth-order valence-corrected chi connectivity index (χ4v) is 1.16. The van der Waals surface area contributed by atoms with Crippen molar-refractivity contribution < 1.29 is 4.79 Å². The maximum Gasteiger partial charge on any atom is 0.225 e. The molecule has 0 radical (unpaired) electrons. The van der Waals surface area contributed by atoms with E-state index in [4.69, 9.17) is 0 Å². The Morgan fingerprint density at radius 3 is 3.00 bits per heavy atom. The topological polar surface area (TPSA) is 42.0 Å². The smallest absolute Gasteiger partial charge is 0.225 e. The molecule has 0 spiro atoms. The molecule has 0 fully saturated rings. The van der Waals surface area contributed by atoms with E-state index in [-0.39, 0.29) is 5.91 Å². The molecule has 1 aromatic heterocycles. The molecule has 1 heterocycles. The number of amides is 1. The molecule has 0 aromatic carbocycles. The molecule has 1 N–H and O–H groups in total. The molecular weight excluding hydrogens is 160 g/mol. The van der Waals surface area contributed by atoms with Crippen LogP contribution in [0.5, 0.6) is 0 Å². The van der Waals surface area contributed by atoms with Gasteiger partial charge in [-0.25, -0.2) is 0 Å². The monoisotopic (exact) mass is 170 g/mol. The molecule has 0 aliphatic carbocycles. The molecule has 4 heteroatoms. The van der Waals surface area contributed by atoms with E-state index in [0.717, 1.165) is 4.88 Å². The van der Waals surface area contributed by atoms with E-state index in [0.29, 0.717) is 12.2 Å². The largest absolute Gasteiger partial charge is 0.310 e. The van der Waals surface area contributed by atoms with Gasteiger partial charge in [0.05, 0.1) is 0 Å². The first-order chi connectivity index (χ1) is 5.22. The Morgan fingerprint density at radius 2 is 2.55 bits per heavy atom. The Morgan fingerprint density at radius 1 is 1.82 bits per heavy atom. The Kier molecular flexibility index (Phi) is 2.59. The highest BCUT2D eigenvalue weighted by Crippen LogP contribution is 2.12. The van der Waals surface area contributed by atoms with Crippen molar-refractivity contribution in [3.05, 3.63) is 10.9 Å². The van der Waals surface area contributed by atoms with E-state index in [1.807, 2.05) is 19.9 Å². The minimum absolute atomic E-state index is 0.00954. The van der Waals surface area contributed by atoms with Crippen molar-refractivity contribution in [2.75, 3.05) is 5.32 Å². The summed E-state index contributed by atoms with van der Waals surface area (Å²) in [6, 6.07) is 1.86. The van der Waals surface area contributed by atoms with E-state index in [1.54, 1.807) is 0 Å². The molecule has 1 aromatic rings. The average molecular weight is 170 g/mol. The van der Waals surface area contributed by atoms with Crippen molar-refractivity contribution in [1.82, 2.24) is 4.37 Å². The van der Waals surface area contributed by atoms with Crippen LogP contribution in [0.4, 0.5) is 5.82 Å². The van der Waals surface area contributed by atoms with E-state index < -0.39 is 0 Å². The number of anilines is 1. The average Bonchev–Trinajstić information content (AvgIpc) is 2.35. The lowest BCUT2D eigenvalue weighted by molar-refractivity contribution is -0.115. The van der Waals surface area contributed by atoms with Gasteiger partial charge in [-0.2, -0.15) is 4.37 Å². The number of hydrogen-bond acceptors (Lipinski definition) is 3. The number of aryl methyl sites for hydroxylation is 1. The molecule has 0 aliphatic heterocycles. The number of rotatable bonds is 2. The summed E-state index contributed by atoms with van der Waals surface area (Å²) in [5, 5.41) is 2.67. The zero-order valence-electron chi connectivity index (χ0n) is 6.55. The molecule has 0 aliphatic rings. The molecule has 11 heavy (non-hydrogen) atoms. The number of nitrogens with zero attached hydrogens (tertiary/aromatic N) is 1. The van der Waals surface area contributed by atoms with Crippen LogP contribution in [0.1, 0.15) is 18.2 Å². The standard InChI is InChI=1S/C7H10N2OS/c1-3-7(10)8-6-4-5(2)11-9-6/h4H,3H2,1-2H3,(H,8,9,10). The van der Waals surface area contributed by atoms with E-state index >= 15 is 0 Å². The molecular formula is C7H10N2OS. The van der Waals surface area contributed by atoms with Crippen molar-refractivity contribution in [2.45, 2.75) is 20.3 Å². The van der Waals surface area contributed by atoms with Crippen LogP contribution >= 0.6 is 11.5 Å². The van der Waals surface area contributed by atoms with Crippen LogP contribution in [-0.2, 0) is 4.79 Å². The van der Waals surface area contributed by atoms with Gasteiger partial charge in [-0.3, -0.25) is 4.79 Å². The van der Waals surface area contributed by atoms with Gasteiger partial charge < -0.3 is 5.32 Å². The third-order valence-corrected chi connectivity index (χ3v) is 1.91. The number of carbonyl (C=O) groups is 1. The van der Waals surface area contributed by atoms with Gasteiger partial charge in [0, 0.05) is 11.3 Å². The number of carbonyl (C=O) groups excluding carboxylic acids is 1. The lowest BCUT2D eigenvalue weighted by atomic mass is 10.4. The van der Waals surface area contributed by atoms with E-state index in [1.165, 1.54) is 11.5 Å². The molecule has 0 atom stereocenters. The van der Waals surface area contributed by atoms with Gasteiger partial charge >= 0.3 is 0 Å². The van der Waals surface area contributed by atoms with Gasteiger partial charge in [-0.05, 0) is 24.5 Å². The third-order valence-electron chi connectivity index (χ3n) is 1.22. The summed E-state index contributed by atoms with van der Waals surface area (Å²) < 4.78 is 4.01. The van der Waals surface area contributed by atoms with Gasteiger partial charge in [0.25, 0.3) is 0 Å². The second-order valence-corrected chi connectivity index (χ2v) is 3.23. The zero-order valence-corrected chi connectivity index (χ0v) is 7.36. The van der Waals surface area contributed by atoms with Crippen LogP contribution in [0.15, 0.2) is 6.07 Å². The van der Waals surface area contributed by atoms with Crippen molar-refractivity contribution >= 4 is 23.3 Å². The highest BCUT2D eigenvalue weighted by Gasteiger charge is 2.00. The molecule has 60 valence electrons. The first-order valence-electron chi connectivity index (χ1n) is 3.45. The summed E-state index contributed by atoms with van der Waals surface area (Å²) in [6.07, 6.45) is 0.497. The molecule has 3 nitrogen and oxygen atoms in total. The fourth-order valence-electron chi connectivity index (χ4n) is 0.657. The summed E-state index contributed by atoms with van der Waals surface area (Å²) >= 11 is 1.39. The van der Waals surface area contributed by atoms with Gasteiger partial charge in [0.1, 0.15) is 5.82 Å². The van der Waals surface area contributed by atoms with Gasteiger partial charge in [0.15, 0.2) is 0 Å². The second-order valence-electron chi connectivity index (χ2n) is 2.22. The van der Waals surface area contributed by atoms with Crippen molar-refractivity contribution in [1.29, 1.82) is 0 Å². The minimum Gasteiger partial charge on any atom is -0.310 e. The lowest BCUT2D eigenvalue weighted by Crippen LogP contribution is -2.09. The fraction of sp³-hybridized carbons (Fsp3) is 0.429. The summed E-state index contributed by atoms with van der Waals surface area (Å²) in [5.41, 5.74) is 0. The van der Waals surface area contributed by atoms with E-state index in [9.17, 15) is 4.79 Å². The highest BCUT2D eigenvalue weighted by molar-refractivity contribution is 7.06. The SMILES string of the molecule is CCC(=O)Nc1cc(C)sn1. The summed E-state index contributed by atoms with van der Waals surface area (Å²) in [7, 11) is 0. The Balaban J connectivity index is 2.57. The molecule has 0 bridgehead atoms. The lowest BCUT2D eigenvalue weighted by Gasteiger charge is -1.95. The van der Waals surface area contributed by atoms with Gasteiger partial charge in [-0.15, -0.1) is 0 Å². The number of hydrogen-bond donors (Lipinski definition) is 1. The summed E-state index contributed by atoms with van der Waals surface area (Å²) in [4.78, 5) is 12.0. The van der Waals surface area contributed by atoms with Gasteiger partial charge in [0.2, 0.25) is 5.91 Å². The minimum atomic E-state index is 0.00954. The maximum atomic E-state index is 10.8. The van der Waals surface area contributed by atoms with Crippen molar-refractivity contribution in [3.8, 4) is 0 Å². The predicted octanol–water partition coefficient (Wildman–Crippen LogP) is 1.80. The second kappa shape index (κ2) is 3.48. The summed E-state index contributed by atoms with van der Waals surface area (Å²) in [5.74, 6) is 0.676. The Labute approximate surface area is 69.6 Å². The van der Waals surface area contributed by atoms with Crippen molar-refractivity contribution in [3.63, 3.8) is 0 Å². The van der Waals surface area contributed by atoms with E-state index in [2.05, 4.69) is 9.69 Å². The van der Waals surface area contributed by atoms with Crippen LogP contribution in [-0.4, -0.2) is 10.3 Å². The quantitative estimate of drug-likeness (QED) is 0.735.